The van der Waals surface area contributed by atoms with Gasteiger partial charge in [0.05, 0.1) is 0 Å². The molecule has 0 radical (unpaired) electrons. The third-order valence-corrected chi connectivity index (χ3v) is 4.00. The molecule has 1 fully saturated rings. The van der Waals surface area contributed by atoms with Gasteiger partial charge in [0.15, 0.2) is 0 Å². The molecule has 1 saturated heterocycles. The quantitative estimate of drug-likeness (QED) is 0.908. The van der Waals surface area contributed by atoms with Crippen molar-refractivity contribution in [1.82, 2.24) is 10.2 Å². The maximum atomic E-state index is 6.16. The fraction of sp³-hybridized carbons (Fsp3) is 0.625. The highest BCUT2D eigenvalue weighted by molar-refractivity contribution is 5.85. The molecular formula is C16H25ClN2O. The van der Waals surface area contributed by atoms with E-state index in [4.69, 9.17) is 4.74 Å². The average Bonchev–Trinajstić information content (AvgIpc) is 2.53. The maximum absolute atomic E-state index is 6.16. The highest BCUT2D eigenvalue weighted by Crippen LogP contribution is 2.38. The van der Waals surface area contributed by atoms with Gasteiger partial charge in [-0.15, -0.1) is 12.4 Å². The average molecular weight is 297 g/mol. The van der Waals surface area contributed by atoms with Crippen LogP contribution in [0.2, 0.25) is 0 Å². The van der Waals surface area contributed by atoms with Crippen molar-refractivity contribution in [2.75, 3.05) is 26.2 Å². The van der Waals surface area contributed by atoms with Crippen LogP contribution in [0.3, 0.4) is 0 Å². The van der Waals surface area contributed by atoms with E-state index >= 15 is 0 Å². The van der Waals surface area contributed by atoms with Crippen molar-refractivity contribution in [3.05, 3.63) is 29.3 Å². The Morgan fingerprint density at radius 3 is 2.95 bits per heavy atom. The van der Waals surface area contributed by atoms with Crippen molar-refractivity contribution in [3.8, 4) is 5.75 Å². The highest BCUT2D eigenvalue weighted by Gasteiger charge is 2.31. The molecule has 0 bridgehead atoms. The molecular weight excluding hydrogens is 272 g/mol. The summed E-state index contributed by atoms with van der Waals surface area (Å²) in [6, 6.07) is 6.60. The number of rotatable bonds is 2. The number of hydrogen-bond acceptors (Lipinski definition) is 3. The van der Waals surface area contributed by atoms with Crippen LogP contribution in [0, 0.1) is 0 Å². The lowest BCUT2D eigenvalue weighted by Gasteiger charge is -2.22. The lowest BCUT2D eigenvalue weighted by molar-refractivity contribution is 0.135. The predicted molar refractivity (Wildman–Crippen MR) is 84.9 cm³/mol. The first-order valence-corrected chi connectivity index (χ1v) is 7.37. The van der Waals surface area contributed by atoms with Gasteiger partial charge in [-0.05, 0) is 38.9 Å². The highest BCUT2D eigenvalue weighted by atomic mass is 35.5. The summed E-state index contributed by atoms with van der Waals surface area (Å²) in [6.45, 7) is 9.92. The number of ether oxygens (including phenoxy) is 1. The fourth-order valence-electron chi connectivity index (χ4n) is 3.10. The number of para-hydroxylation sites is 1. The van der Waals surface area contributed by atoms with Crippen molar-refractivity contribution in [1.29, 1.82) is 0 Å². The molecule has 1 aromatic carbocycles. The number of halogens is 1. The topological polar surface area (TPSA) is 24.5 Å². The zero-order valence-electron chi connectivity index (χ0n) is 12.4. The first-order valence-electron chi connectivity index (χ1n) is 7.37. The van der Waals surface area contributed by atoms with E-state index in [-0.39, 0.29) is 18.0 Å². The third kappa shape index (κ3) is 3.46. The molecule has 0 atom stereocenters. The van der Waals surface area contributed by atoms with Crippen molar-refractivity contribution >= 4 is 12.4 Å². The number of fused-ring (bicyclic) bond motifs is 1. The summed E-state index contributed by atoms with van der Waals surface area (Å²) in [6.07, 6.45) is 2.26. The molecule has 0 unspecified atom stereocenters. The van der Waals surface area contributed by atoms with Crippen LogP contribution in [0.1, 0.15) is 31.4 Å². The molecule has 112 valence electrons. The molecule has 2 aliphatic heterocycles. The number of nitrogens with zero attached hydrogens (tertiary/aromatic N) is 1. The van der Waals surface area contributed by atoms with E-state index in [2.05, 4.69) is 42.3 Å². The van der Waals surface area contributed by atoms with Gasteiger partial charge in [0, 0.05) is 31.6 Å². The molecule has 0 aliphatic carbocycles. The Balaban J connectivity index is 0.00000147. The van der Waals surface area contributed by atoms with E-state index in [0.717, 1.165) is 38.3 Å². The van der Waals surface area contributed by atoms with Crippen LogP contribution in [0.4, 0.5) is 0 Å². The van der Waals surface area contributed by atoms with Crippen LogP contribution in [0.15, 0.2) is 18.2 Å². The van der Waals surface area contributed by atoms with Crippen molar-refractivity contribution in [2.24, 2.45) is 0 Å². The van der Waals surface area contributed by atoms with E-state index in [1.165, 1.54) is 24.1 Å². The lowest BCUT2D eigenvalue weighted by atomic mass is 10.0. The van der Waals surface area contributed by atoms with Crippen molar-refractivity contribution < 1.29 is 4.74 Å². The van der Waals surface area contributed by atoms with E-state index in [1.807, 2.05) is 0 Å². The summed E-state index contributed by atoms with van der Waals surface area (Å²) in [5, 5.41) is 3.46. The molecule has 4 heteroatoms. The minimum absolute atomic E-state index is 0. The Morgan fingerprint density at radius 1 is 1.25 bits per heavy atom. The zero-order chi connectivity index (χ0) is 13.3. The second-order valence-electron chi connectivity index (χ2n) is 6.32. The summed E-state index contributed by atoms with van der Waals surface area (Å²) in [5.74, 6) is 1.14. The molecule has 1 aromatic rings. The largest absolute Gasteiger partial charge is 0.487 e. The van der Waals surface area contributed by atoms with Gasteiger partial charge in [0.2, 0.25) is 0 Å². The Kier molecular flexibility index (Phi) is 4.95. The van der Waals surface area contributed by atoms with Crippen LogP contribution < -0.4 is 10.1 Å². The number of benzene rings is 1. The van der Waals surface area contributed by atoms with Gasteiger partial charge in [-0.2, -0.15) is 0 Å². The van der Waals surface area contributed by atoms with Crippen molar-refractivity contribution in [3.63, 3.8) is 0 Å². The van der Waals surface area contributed by atoms with E-state index in [0.29, 0.717) is 0 Å². The lowest BCUT2D eigenvalue weighted by Crippen LogP contribution is -2.28. The second-order valence-corrected chi connectivity index (χ2v) is 6.32. The molecule has 2 aliphatic rings. The molecule has 0 amide bonds. The number of hydrogen-bond donors (Lipinski definition) is 1. The Morgan fingerprint density at radius 2 is 2.10 bits per heavy atom. The van der Waals surface area contributed by atoms with E-state index < -0.39 is 0 Å². The Labute approximate surface area is 128 Å². The minimum Gasteiger partial charge on any atom is -0.487 e. The van der Waals surface area contributed by atoms with Gasteiger partial charge in [-0.25, -0.2) is 0 Å². The van der Waals surface area contributed by atoms with Crippen LogP contribution in [-0.4, -0.2) is 36.7 Å². The summed E-state index contributed by atoms with van der Waals surface area (Å²) in [5.41, 5.74) is 2.68. The van der Waals surface area contributed by atoms with Crippen LogP contribution in [0.5, 0.6) is 5.75 Å². The second kappa shape index (κ2) is 6.33. The molecule has 3 rings (SSSR count). The smallest absolute Gasteiger partial charge is 0.127 e. The van der Waals surface area contributed by atoms with Crippen LogP contribution in [-0.2, 0) is 13.0 Å². The molecule has 3 nitrogen and oxygen atoms in total. The molecule has 0 spiro atoms. The molecule has 1 N–H and O–H groups in total. The molecule has 0 saturated carbocycles. The molecule has 2 heterocycles. The van der Waals surface area contributed by atoms with Gasteiger partial charge >= 0.3 is 0 Å². The monoisotopic (exact) mass is 296 g/mol. The SMILES string of the molecule is CC1(C)Cc2cccc(CN3CCCNCC3)c2O1.Cl. The Hall–Kier alpha value is -0.770. The Bertz CT molecular complexity index is 454. The summed E-state index contributed by atoms with van der Waals surface area (Å²) in [7, 11) is 0. The first-order chi connectivity index (χ1) is 9.14. The molecule has 20 heavy (non-hydrogen) atoms. The maximum Gasteiger partial charge on any atom is 0.127 e. The first kappa shape index (κ1) is 15.6. The van der Waals surface area contributed by atoms with Gasteiger partial charge in [0.1, 0.15) is 11.4 Å². The third-order valence-electron chi connectivity index (χ3n) is 4.00. The predicted octanol–water partition coefficient (Wildman–Crippen LogP) is 2.62. The van der Waals surface area contributed by atoms with Crippen LogP contribution in [0.25, 0.3) is 0 Å². The summed E-state index contributed by atoms with van der Waals surface area (Å²) < 4.78 is 6.16. The van der Waals surface area contributed by atoms with Gasteiger partial charge in [-0.3, -0.25) is 4.90 Å². The zero-order valence-corrected chi connectivity index (χ0v) is 13.3. The standard InChI is InChI=1S/C16H24N2O.ClH/c1-16(2)11-13-5-3-6-14(15(13)19-16)12-18-9-4-7-17-8-10-18;/h3,5-6,17H,4,7-12H2,1-2H3;1H. The summed E-state index contributed by atoms with van der Waals surface area (Å²) in [4.78, 5) is 2.53. The van der Waals surface area contributed by atoms with E-state index in [1.54, 1.807) is 0 Å². The van der Waals surface area contributed by atoms with Crippen molar-refractivity contribution in [2.45, 2.75) is 38.8 Å². The van der Waals surface area contributed by atoms with Crippen LogP contribution >= 0.6 is 12.4 Å². The van der Waals surface area contributed by atoms with Gasteiger partial charge in [0.25, 0.3) is 0 Å². The summed E-state index contributed by atoms with van der Waals surface area (Å²) >= 11 is 0. The normalized spacial score (nSPS) is 21.5. The van der Waals surface area contributed by atoms with Gasteiger partial charge < -0.3 is 10.1 Å². The van der Waals surface area contributed by atoms with Gasteiger partial charge in [-0.1, -0.05) is 18.2 Å². The fourth-order valence-corrected chi connectivity index (χ4v) is 3.10. The minimum atomic E-state index is -0.0429. The molecule has 0 aromatic heterocycles. The number of nitrogens with one attached hydrogen (secondary N) is 1. The van der Waals surface area contributed by atoms with E-state index in [9.17, 15) is 0 Å².